The number of thioether (sulfide) groups is 1. The number of ether oxygens (including phenoxy) is 2. The maximum atomic E-state index is 5.94. The normalized spacial score (nSPS) is 10.6. The van der Waals surface area contributed by atoms with Crippen molar-refractivity contribution in [3.8, 4) is 28.6 Å². The Morgan fingerprint density at radius 2 is 1.74 bits per heavy atom. The quantitative estimate of drug-likeness (QED) is 0.486. The van der Waals surface area contributed by atoms with Crippen LogP contribution in [0.2, 0.25) is 0 Å². The van der Waals surface area contributed by atoms with Crippen molar-refractivity contribution in [3.63, 3.8) is 0 Å². The fourth-order valence-electron chi connectivity index (χ4n) is 2.52. The first-order chi connectivity index (χ1) is 13.1. The molecule has 0 radical (unpaired) electrons. The molecule has 0 amide bonds. The van der Waals surface area contributed by atoms with Crippen molar-refractivity contribution in [1.82, 2.24) is 14.8 Å². The van der Waals surface area contributed by atoms with Gasteiger partial charge in [0.15, 0.2) is 11.0 Å². The summed E-state index contributed by atoms with van der Waals surface area (Å²) in [4.78, 5) is 0. The number of rotatable bonds is 8. The molecule has 0 saturated carbocycles. The van der Waals surface area contributed by atoms with Crippen LogP contribution in [0.1, 0.15) is 6.92 Å². The van der Waals surface area contributed by atoms with E-state index in [2.05, 4.69) is 16.8 Å². The third kappa shape index (κ3) is 4.64. The van der Waals surface area contributed by atoms with Crippen LogP contribution in [0.25, 0.3) is 17.1 Å². The number of aromatic nitrogens is 3. The zero-order valence-electron chi connectivity index (χ0n) is 15.2. The van der Waals surface area contributed by atoms with Crippen LogP contribution >= 0.6 is 23.4 Å². The third-order valence-corrected chi connectivity index (χ3v) is 5.05. The van der Waals surface area contributed by atoms with E-state index in [4.69, 9.17) is 21.1 Å². The highest BCUT2D eigenvalue weighted by molar-refractivity contribution is 7.99. The zero-order chi connectivity index (χ0) is 19.2. The molecular weight excluding hydrogens is 382 g/mol. The fourth-order valence-corrected chi connectivity index (χ4v) is 3.39. The minimum Gasteiger partial charge on any atom is -0.497 e. The lowest BCUT2D eigenvalue weighted by molar-refractivity contribution is 0.340. The minimum atomic E-state index is 0.555. The Kier molecular flexibility index (Phi) is 6.42. The first kappa shape index (κ1) is 19.3. The van der Waals surface area contributed by atoms with Crippen molar-refractivity contribution in [3.05, 3.63) is 60.1 Å². The highest BCUT2D eigenvalue weighted by Crippen LogP contribution is 2.30. The summed E-state index contributed by atoms with van der Waals surface area (Å²) in [7, 11) is 1.64. The van der Waals surface area contributed by atoms with E-state index < -0.39 is 0 Å². The Hall–Kier alpha value is -2.44. The molecule has 0 unspecified atom stereocenters. The molecule has 5 nitrogen and oxygen atoms in total. The smallest absolute Gasteiger partial charge is 0.196 e. The molecule has 0 aliphatic rings. The summed E-state index contributed by atoms with van der Waals surface area (Å²) < 4.78 is 12.8. The predicted molar refractivity (Wildman–Crippen MR) is 110 cm³/mol. The Morgan fingerprint density at radius 1 is 1.07 bits per heavy atom. The number of halogens is 1. The van der Waals surface area contributed by atoms with Crippen LogP contribution in [0.3, 0.4) is 0 Å². The number of methoxy groups -OCH3 is 1. The van der Waals surface area contributed by atoms with Crippen LogP contribution in [-0.4, -0.2) is 34.2 Å². The monoisotopic (exact) mass is 401 g/mol. The molecule has 0 spiro atoms. The molecule has 0 saturated heterocycles. The van der Waals surface area contributed by atoms with Crippen LogP contribution in [0.4, 0.5) is 0 Å². The SMILES string of the molecule is C=C(Cl)CSc1nnc(-c2ccc(OC)cc2)n1-c1ccc(OCC)cc1. The van der Waals surface area contributed by atoms with Gasteiger partial charge in [-0.25, -0.2) is 0 Å². The second-order valence-electron chi connectivity index (χ2n) is 5.60. The molecule has 0 fully saturated rings. The highest BCUT2D eigenvalue weighted by atomic mass is 35.5. The summed E-state index contributed by atoms with van der Waals surface area (Å²) in [6.07, 6.45) is 0. The van der Waals surface area contributed by atoms with Crippen molar-refractivity contribution in [2.75, 3.05) is 19.5 Å². The fraction of sp³-hybridized carbons (Fsp3) is 0.200. The molecule has 0 N–H and O–H groups in total. The second-order valence-corrected chi connectivity index (χ2v) is 7.08. The van der Waals surface area contributed by atoms with Crippen molar-refractivity contribution in [2.45, 2.75) is 12.1 Å². The lowest BCUT2D eigenvalue weighted by atomic mass is 10.2. The lowest BCUT2D eigenvalue weighted by Gasteiger charge is -2.11. The van der Waals surface area contributed by atoms with Crippen molar-refractivity contribution >= 4 is 23.4 Å². The molecule has 3 aromatic rings. The molecular formula is C20H20ClN3O2S. The van der Waals surface area contributed by atoms with E-state index in [0.717, 1.165) is 33.7 Å². The summed E-state index contributed by atoms with van der Waals surface area (Å²) in [5.41, 5.74) is 1.88. The zero-order valence-corrected chi connectivity index (χ0v) is 16.8. The standard InChI is InChI=1S/C20H20ClN3O2S/c1-4-26-18-11-7-16(8-12-18)24-19(15-5-9-17(25-3)10-6-15)22-23-20(24)27-13-14(2)21/h5-12H,2,4,13H2,1,3H3. The molecule has 1 heterocycles. The van der Waals surface area contributed by atoms with Gasteiger partial charge in [-0.15, -0.1) is 10.2 Å². The number of hydrogen-bond acceptors (Lipinski definition) is 5. The van der Waals surface area contributed by atoms with Gasteiger partial charge in [0.05, 0.1) is 13.7 Å². The topological polar surface area (TPSA) is 49.2 Å². The molecule has 27 heavy (non-hydrogen) atoms. The van der Waals surface area contributed by atoms with E-state index in [1.54, 1.807) is 7.11 Å². The highest BCUT2D eigenvalue weighted by Gasteiger charge is 2.16. The summed E-state index contributed by atoms with van der Waals surface area (Å²) in [5, 5.41) is 10.1. The summed E-state index contributed by atoms with van der Waals surface area (Å²) in [6.45, 7) is 6.33. The molecule has 3 rings (SSSR count). The largest absolute Gasteiger partial charge is 0.497 e. The third-order valence-electron chi connectivity index (χ3n) is 3.75. The van der Waals surface area contributed by atoms with E-state index in [1.165, 1.54) is 11.8 Å². The van der Waals surface area contributed by atoms with Crippen molar-refractivity contribution in [2.24, 2.45) is 0 Å². The summed E-state index contributed by atoms with van der Waals surface area (Å²) in [6, 6.07) is 15.6. The number of hydrogen-bond donors (Lipinski definition) is 0. The van der Waals surface area contributed by atoms with Crippen LogP contribution in [0.5, 0.6) is 11.5 Å². The minimum absolute atomic E-state index is 0.555. The Balaban J connectivity index is 2.03. The van der Waals surface area contributed by atoms with Gasteiger partial charge in [0, 0.05) is 22.0 Å². The average molecular weight is 402 g/mol. The molecule has 2 aromatic carbocycles. The van der Waals surface area contributed by atoms with Crippen molar-refractivity contribution < 1.29 is 9.47 Å². The number of benzene rings is 2. The van der Waals surface area contributed by atoms with Crippen LogP contribution < -0.4 is 9.47 Å². The Morgan fingerprint density at radius 3 is 2.33 bits per heavy atom. The molecule has 7 heteroatoms. The summed E-state index contributed by atoms with van der Waals surface area (Å²) >= 11 is 7.43. The Bertz CT molecular complexity index is 908. The molecule has 0 aliphatic carbocycles. The van der Waals surface area contributed by atoms with Gasteiger partial charge in [-0.1, -0.05) is 29.9 Å². The van der Waals surface area contributed by atoms with Crippen LogP contribution in [0.15, 0.2) is 65.3 Å². The Labute approximate surface area is 168 Å². The van der Waals surface area contributed by atoms with Crippen molar-refractivity contribution in [1.29, 1.82) is 0 Å². The van der Waals surface area contributed by atoms with E-state index in [9.17, 15) is 0 Å². The van der Waals surface area contributed by atoms with Crippen LogP contribution in [0, 0.1) is 0 Å². The van der Waals surface area contributed by atoms with Gasteiger partial charge in [-0.2, -0.15) is 0 Å². The van der Waals surface area contributed by atoms with Gasteiger partial charge >= 0.3 is 0 Å². The van der Waals surface area contributed by atoms with E-state index in [1.807, 2.05) is 60.0 Å². The van der Waals surface area contributed by atoms with E-state index in [-0.39, 0.29) is 0 Å². The predicted octanol–water partition coefficient (Wildman–Crippen LogP) is 5.19. The molecule has 0 aliphatic heterocycles. The van der Waals surface area contributed by atoms with E-state index >= 15 is 0 Å². The molecule has 0 atom stereocenters. The van der Waals surface area contributed by atoms with Gasteiger partial charge < -0.3 is 9.47 Å². The second kappa shape index (κ2) is 8.97. The molecule has 140 valence electrons. The number of nitrogens with zero attached hydrogens (tertiary/aromatic N) is 3. The first-order valence-electron chi connectivity index (χ1n) is 8.41. The first-order valence-corrected chi connectivity index (χ1v) is 9.78. The maximum Gasteiger partial charge on any atom is 0.196 e. The molecule has 1 aromatic heterocycles. The van der Waals surface area contributed by atoms with Crippen LogP contribution in [-0.2, 0) is 0 Å². The summed E-state index contributed by atoms with van der Waals surface area (Å²) in [5.74, 6) is 2.91. The van der Waals surface area contributed by atoms with Gasteiger partial charge in [-0.3, -0.25) is 4.57 Å². The van der Waals surface area contributed by atoms with Gasteiger partial charge in [0.25, 0.3) is 0 Å². The lowest BCUT2D eigenvalue weighted by Crippen LogP contribution is -2.00. The molecule has 0 bridgehead atoms. The van der Waals surface area contributed by atoms with Gasteiger partial charge in [0.2, 0.25) is 0 Å². The van der Waals surface area contributed by atoms with E-state index in [0.29, 0.717) is 17.4 Å². The average Bonchev–Trinajstić information content (AvgIpc) is 3.11. The van der Waals surface area contributed by atoms with Gasteiger partial charge in [-0.05, 0) is 55.5 Å². The maximum absolute atomic E-state index is 5.94. The van der Waals surface area contributed by atoms with Gasteiger partial charge in [0.1, 0.15) is 11.5 Å².